The Bertz CT molecular complexity index is 476. The van der Waals surface area contributed by atoms with Crippen LogP contribution in [0.2, 0.25) is 0 Å². The fourth-order valence-corrected chi connectivity index (χ4v) is 3.11. The molecule has 0 radical (unpaired) electrons. The second-order valence-corrected chi connectivity index (χ2v) is 6.19. The van der Waals surface area contributed by atoms with Crippen molar-refractivity contribution < 1.29 is 4.79 Å². The van der Waals surface area contributed by atoms with Gasteiger partial charge in [-0.1, -0.05) is 31.4 Å². The Morgan fingerprint density at radius 1 is 1.25 bits per heavy atom. The zero-order valence-corrected chi connectivity index (χ0v) is 12.7. The average molecular weight is 274 g/mol. The highest BCUT2D eigenvalue weighted by atomic mass is 16.1. The lowest BCUT2D eigenvalue weighted by Gasteiger charge is -2.36. The van der Waals surface area contributed by atoms with E-state index in [9.17, 15) is 4.79 Å². The number of hydrogen-bond donors (Lipinski definition) is 2. The van der Waals surface area contributed by atoms with Gasteiger partial charge in [-0.15, -0.1) is 0 Å². The van der Waals surface area contributed by atoms with Gasteiger partial charge in [0.05, 0.1) is 0 Å². The molecule has 1 aliphatic rings. The molecule has 0 atom stereocenters. The predicted molar refractivity (Wildman–Crippen MR) is 82.8 cm³/mol. The average Bonchev–Trinajstić information content (AvgIpc) is 2.48. The Labute approximate surface area is 121 Å². The lowest BCUT2D eigenvalue weighted by Crippen LogP contribution is -2.43. The molecule has 1 fully saturated rings. The maximum atomic E-state index is 12.4. The van der Waals surface area contributed by atoms with E-state index >= 15 is 0 Å². The molecule has 0 bridgehead atoms. The van der Waals surface area contributed by atoms with E-state index in [0.29, 0.717) is 13.1 Å². The number of carbonyl (C=O) groups is 1. The van der Waals surface area contributed by atoms with Crippen molar-refractivity contribution >= 4 is 5.91 Å². The van der Waals surface area contributed by atoms with Gasteiger partial charge in [-0.3, -0.25) is 4.79 Å². The van der Waals surface area contributed by atoms with Crippen LogP contribution in [-0.4, -0.2) is 19.0 Å². The third-order valence-corrected chi connectivity index (χ3v) is 4.82. The van der Waals surface area contributed by atoms with Crippen LogP contribution in [0, 0.1) is 19.3 Å². The lowest BCUT2D eigenvalue weighted by molar-refractivity contribution is 0.0913. The van der Waals surface area contributed by atoms with E-state index in [1.165, 1.54) is 19.3 Å². The highest BCUT2D eigenvalue weighted by molar-refractivity contribution is 5.95. The van der Waals surface area contributed by atoms with Crippen molar-refractivity contribution in [3.05, 3.63) is 34.9 Å². The van der Waals surface area contributed by atoms with Crippen LogP contribution < -0.4 is 11.1 Å². The SMILES string of the molecule is Cc1cccc(C(=O)NCC2(CN)CCCCC2)c1C. The van der Waals surface area contributed by atoms with Gasteiger partial charge in [0.15, 0.2) is 0 Å². The molecule has 0 spiro atoms. The number of aryl methyl sites for hydroxylation is 1. The molecule has 1 saturated carbocycles. The molecule has 0 heterocycles. The van der Waals surface area contributed by atoms with Crippen molar-refractivity contribution in [2.45, 2.75) is 46.0 Å². The zero-order valence-electron chi connectivity index (χ0n) is 12.7. The Morgan fingerprint density at radius 2 is 1.95 bits per heavy atom. The van der Waals surface area contributed by atoms with Gasteiger partial charge in [-0.25, -0.2) is 0 Å². The van der Waals surface area contributed by atoms with Crippen molar-refractivity contribution in [1.29, 1.82) is 0 Å². The summed E-state index contributed by atoms with van der Waals surface area (Å²) in [5.74, 6) is 0.0320. The number of hydrogen-bond acceptors (Lipinski definition) is 2. The largest absolute Gasteiger partial charge is 0.351 e. The van der Waals surface area contributed by atoms with Crippen molar-refractivity contribution in [3.63, 3.8) is 0 Å². The highest BCUT2D eigenvalue weighted by Crippen LogP contribution is 2.34. The van der Waals surface area contributed by atoms with Crippen LogP contribution >= 0.6 is 0 Å². The van der Waals surface area contributed by atoms with E-state index in [0.717, 1.165) is 29.5 Å². The molecule has 2 rings (SSSR count). The number of amides is 1. The van der Waals surface area contributed by atoms with Gasteiger partial charge in [0, 0.05) is 12.1 Å². The summed E-state index contributed by atoms with van der Waals surface area (Å²) in [5, 5.41) is 3.11. The fraction of sp³-hybridized carbons (Fsp3) is 0.588. The quantitative estimate of drug-likeness (QED) is 0.887. The van der Waals surface area contributed by atoms with E-state index < -0.39 is 0 Å². The summed E-state index contributed by atoms with van der Waals surface area (Å²) >= 11 is 0. The monoisotopic (exact) mass is 274 g/mol. The molecule has 20 heavy (non-hydrogen) atoms. The Kier molecular flexibility index (Phi) is 4.81. The van der Waals surface area contributed by atoms with E-state index in [-0.39, 0.29) is 11.3 Å². The minimum atomic E-state index is 0.0320. The van der Waals surface area contributed by atoms with Gasteiger partial charge in [0.2, 0.25) is 0 Å². The number of benzene rings is 1. The molecule has 110 valence electrons. The van der Waals surface area contributed by atoms with Gasteiger partial charge in [-0.05, 0) is 55.8 Å². The first-order chi connectivity index (χ1) is 9.58. The van der Waals surface area contributed by atoms with Crippen LogP contribution in [0.15, 0.2) is 18.2 Å². The fourth-order valence-electron chi connectivity index (χ4n) is 3.11. The molecular weight excluding hydrogens is 248 g/mol. The first-order valence-electron chi connectivity index (χ1n) is 7.62. The second-order valence-electron chi connectivity index (χ2n) is 6.19. The summed E-state index contributed by atoms with van der Waals surface area (Å²) in [6.45, 7) is 5.41. The predicted octanol–water partition coefficient (Wildman–Crippen LogP) is 2.94. The normalized spacial score (nSPS) is 17.8. The summed E-state index contributed by atoms with van der Waals surface area (Å²) in [7, 11) is 0. The lowest BCUT2D eigenvalue weighted by atomic mass is 9.74. The first kappa shape index (κ1) is 15.0. The van der Waals surface area contributed by atoms with Crippen LogP contribution in [0.1, 0.15) is 53.6 Å². The Morgan fingerprint density at radius 3 is 2.60 bits per heavy atom. The van der Waals surface area contributed by atoms with Crippen LogP contribution in [0.3, 0.4) is 0 Å². The summed E-state index contributed by atoms with van der Waals surface area (Å²) in [5.41, 5.74) is 9.09. The van der Waals surface area contributed by atoms with Gasteiger partial charge in [-0.2, -0.15) is 0 Å². The molecule has 0 saturated heterocycles. The van der Waals surface area contributed by atoms with Gasteiger partial charge < -0.3 is 11.1 Å². The van der Waals surface area contributed by atoms with Crippen LogP contribution in [0.4, 0.5) is 0 Å². The maximum Gasteiger partial charge on any atom is 0.251 e. The summed E-state index contributed by atoms with van der Waals surface area (Å²) in [6.07, 6.45) is 6.03. The minimum Gasteiger partial charge on any atom is -0.351 e. The smallest absolute Gasteiger partial charge is 0.251 e. The number of carbonyl (C=O) groups excluding carboxylic acids is 1. The molecule has 3 heteroatoms. The molecule has 3 nitrogen and oxygen atoms in total. The summed E-state index contributed by atoms with van der Waals surface area (Å²) in [6, 6.07) is 5.87. The van der Waals surface area contributed by atoms with E-state index in [2.05, 4.69) is 5.32 Å². The van der Waals surface area contributed by atoms with E-state index in [1.807, 2.05) is 32.0 Å². The number of nitrogens with two attached hydrogens (primary N) is 1. The van der Waals surface area contributed by atoms with Gasteiger partial charge >= 0.3 is 0 Å². The van der Waals surface area contributed by atoms with Crippen molar-refractivity contribution in [3.8, 4) is 0 Å². The molecule has 0 unspecified atom stereocenters. The third-order valence-electron chi connectivity index (χ3n) is 4.82. The zero-order chi connectivity index (χ0) is 14.6. The van der Waals surface area contributed by atoms with Crippen molar-refractivity contribution in [1.82, 2.24) is 5.32 Å². The summed E-state index contributed by atoms with van der Waals surface area (Å²) < 4.78 is 0. The molecule has 1 amide bonds. The van der Waals surface area contributed by atoms with E-state index in [4.69, 9.17) is 5.73 Å². The molecule has 0 aromatic heterocycles. The molecule has 1 aromatic rings. The van der Waals surface area contributed by atoms with Crippen molar-refractivity contribution in [2.24, 2.45) is 11.1 Å². The van der Waals surface area contributed by atoms with Crippen LogP contribution in [0.25, 0.3) is 0 Å². The minimum absolute atomic E-state index is 0.0320. The Hall–Kier alpha value is -1.35. The van der Waals surface area contributed by atoms with E-state index in [1.54, 1.807) is 0 Å². The Balaban J connectivity index is 2.02. The first-order valence-corrected chi connectivity index (χ1v) is 7.62. The van der Waals surface area contributed by atoms with Gasteiger partial charge in [0.1, 0.15) is 0 Å². The topological polar surface area (TPSA) is 55.1 Å². The molecule has 1 aliphatic carbocycles. The van der Waals surface area contributed by atoms with Gasteiger partial charge in [0.25, 0.3) is 5.91 Å². The molecular formula is C17H26N2O. The van der Waals surface area contributed by atoms with Crippen molar-refractivity contribution in [2.75, 3.05) is 13.1 Å². The van der Waals surface area contributed by atoms with Crippen LogP contribution in [0.5, 0.6) is 0 Å². The second kappa shape index (κ2) is 6.40. The molecule has 0 aliphatic heterocycles. The standard InChI is InChI=1S/C17H26N2O/c1-13-7-6-8-15(14(13)2)16(20)19-12-17(11-18)9-4-3-5-10-17/h6-8H,3-5,9-12,18H2,1-2H3,(H,19,20). The number of rotatable bonds is 4. The number of nitrogens with one attached hydrogen (secondary N) is 1. The third kappa shape index (κ3) is 3.21. The van der Waals surface area contributed by atoms with Crippen LogP contribution in [-0.2, 0) is 0 Å². The summed E-state index contributed by atoms with van der Waals surface area (Å²) in [4.78, 5) is 12.4. The maximum absolute atomic E-state index is 12.4. The highest BCUT2D eigenvalue weighted by Gasteiger charge is 2.31. The molecule has 1 aromatic carbocycles. The molecule has 3 N–H and O–H groups in total.